The maximum absolute atomic E-state index is 4.13. The lowest BCUT2D eigenvalue weighted by atomic mass is 10.2. The van der Waals surface area contributed by atoms with Crippen LogP contribution < -0.4 is 5.32 Å². The van der Waals surface area contributed by atoms with Gasteiger partial charge in [-0.15, -0.1) is 5.10 Å². The molecular formula is C13H18N4. The Balaban J connectivity index is 2.02. The van der Waals surface area contributed by atoms with Crippen LogP contribution in [0, 0.1) is 0 Å². The van der Waals surface area contributed by atoms with Crippen molar-refractivity contribution in [2.45, 2.75) is 19.8 Å². The van der Waals surface area contributed by atoms with E-state index >= 15 is 0 Å². The van der Waals surface area contributed by atoms with E-state index in [2.05, 4.69) is 22.6 Å². The van der Waals surface area contributed by atoms with Gasteiger partial charge in [0.05, 0.1) is 17.6 Å². The van der Waals surface area contributed by atoms with E-state index < -0.39 is 0 Å². The van der Waals surface area contributed by atoms with Gasteiger partial charge in [0.2, 0.25) is 0 Å². The van der Waals surface area contributed by atoms with Crippen LogP contribution in [0.2, 0.25) is 0 Å². The van der Waals surface area contributed by atoms with E-state index in [9.17, 15) is 0 Å². The SMILES string of the molecule is CCNCCCc1cnnn1-c1ccccc1. The highest BCUT2D eigenvalue weighted by Gasteiger charge is 2.04. The largest absolute Gasteiger partial charge is 0.317 e. The molecule has 0 atom stereocenters. The lowest BCUT2D eigenvalue weighted by Crippen LogP contribution is -2.15. The minimum absolute atomic E-state index is 0.995. The zero-order valence-electron chi connectivity index (χ0n) is 10.1. The molecule has 2 aromatic rings. The molecule has 0 saturated carbocycles. The summed E-state index contributed by atoms with van der Waals surface area (Å²) in [5.74, 6) is 0. The molecule has 0 unspecified atom stereocenters. The van der Waals surface area contributed by atoms with Crippen LogP contribution in [0.1, 0.15) is 19.0 Å². The van der Waals surface area contributed by atoms with Gasteiger partial charge >= 0.3 is 0 Å². The van der Waals surface area contributed by atoms with Gasteiger partial charge < -0.3 is 5.32 Å². The van der Waals surface area contributed by atoms with Crippen molar-refractivity contribution in [1.82, 2.24) is 20.3 Å². The first-order chi connectivity index (χ1) is 8.42. The molecule has 0 fully saturated rings. The van der Waals surface area contributed by atoms with Crippen LogP contribution in [0.3, 0.4) is 0 Å². The van der Waals surface area contributed by atoms with E-state index in [1.807, 2.05) is 41.2 Å². The Morgan fingerprint density at radius 2 is 2.06 bits per heavy atom. The highest BCUT2D eigenvalue weighted by atomic mass is 15.4. The summed E-state index contributed by atoms with van der Waals surface area (Å²) in [6.45, 7) is 4.18. The Morgan fingerprint density at radius 3 is 2.82 bits per heavy atom. The van der Waals surface area contributed by atoms with Crippen molar-refractivity contribution in [1.29, 1.82) is 0 Å². The van der Waals surface area contributed by atoms with E-state index in [0.717, 1.165) is 37.3 Å². The number of nitrogens with one attached hydrogen (secondary N) is 1. The summed E-state index contributed by atoms with van der Waals surface area (Å²) in [4.78, 5) is 0. The zero-order chi connectivity index (χ0) is 11.9. The van der Waals surface area contributed by atoms with Crippen molar-refractivity contribution < 1.29 is 0 Å². The van der Waals surface area contributed by atoms with Crippen LogP contribution in [-0.2, 0) is 6.42 Å². The Morgan fingerprint density at radius 1 is 1.24 bits per heavy atom. The molecule has 4 nitrogen and oxygen atoms in total. The minimum atomic E-state index is 0.995. The molecule has 1 aromatic carbocycles. The fraction of sp³-hybridized carbons (Fsp3) is 0.385. The number of aromatic nitrogens is 3. The number of aryl methyl sites for hydroxylation is 1. The topological polar surface area (TPSA) is 42.7 Å². The summed E-state index contributed by atoms with van der Waals surface area (Å²) in [6, 6.07) is 10.1. The zero-order valence-corrected chi connectivity index (χ0v) is 10.1. The van der Waals surface area contributed by atoms with Gasteiger partial charge in [0.15, 0.2) is 0 Å². The third kappa shape index (κ3) is 3.14. The van der Waals surface area contributed by atoms with E-state index in [4.69, 9.17) is 0 Å². The van der Waals surface area contributed by atoms with Crippen molar-refractivity contribution in [3.8, 4) is 5.69 Å². The number of rotatable bonds is 6. The molecule has 17 heavy (non-hydrogen) atoms. The fourth-order valence-electron chi connectivity index (χ4n) is 1.78. The van der Waals surface area contributed by atoms with Crippen LogP contribution in [0.15, 0.2) is 36.5 Å². The second-order valence-electron chi connectivity index (χ2n) is 3.93. The highest BCUT2D eigenvalue weighted by molar-refractivity contribution is 5.31. The van der Waals surface area contributed by atoms with Gasteiger partial charge in [0.25, 0.3) is 0 Å². The van der Waals surface area contributed by atoms with Crippen LogP contribution in [0.25, 0.3) is 5.69 Å². The first-order valence-electron chi connectivity index (χ1n) is 6.07. The molecule has 1 heterocycles. The van der Waals surface area contributed by atoms with Gasteiger partial charge in [-0.2, -0.15) is 0 Å². The molecule has 0 amide bonds. The summed E-state index contributed by atoms with van der Waals surface area (Å²) in [6.07, 6.45) is 3.95. The summed E-state index contributed by atoms with van der Waals surface area (Å²) < 4.78 is 1.91. The quantitative estimate of drug-likeness (QED) is 0.770. The van der Waals surface area contributed by atoms with Gasteiger partial charge in [0.1, 0.15) is 0 Å². The van der Waals surface area contributed by atoms with Gasteiger partial charge in [-0.05, 0) is 38.1 Å². The van der Waals surface area contributed by atoms with Crippen LogP contribution in [-0.4, -0.2) is 28.1 Å². The van der Waals surface area contributed by atoms with Gasteiger partial charge in [-0.1, -0.05) is 30.3 Å². The van der Waals surface area contributed by atoms with Crippen molar-refractivity contribution in [3.63, 3.8) is 0 Å². The predicted octanol–water partition coefficient (Wildman–Crippen LogP) is 1.81. The second-order valence-corrected chi connectivity index (χ2v) is 3.93. The molecule has 0 saturated heterocycles. The van der Waals surface area contributed by atoms with E-state index in [1.165, 1.54) is 0 Å². The highest BCUT2D eigenvalue weighted by Crippen LogP contribution is 2.09. The molecular weight excluding hydrogens is 212 g/mol. The smallest absolute Gasteiger partial charge is 0.0729 e. The summed E-state index contributed by atoms with van der Waals surface area (Å²) in [7, 11) is 0. The minimum Gasteiger partial charge on any atom is -0.317 e. The lowest BCUT2D eigenvalue weighted by molar-refractivity contribution is 0.653. The standard InChI is InChI=1S/C13H18N4/c1-2-14-10-6-9-13-11-15-16-17(13)12-7-4-3-5-8-12/h3-5,7-8,11,14H,2,6,9-10H2,1H3. The second kappa shape index (κ2) is 6.15. The van der Waals surface area contributed by atoms with E-state index in [-0.39, 0.29) is 0 Å². The molecule has 2 rings (SSSR count). The molecule has 0 aliphatic heterocycles. The third-order valence-electron chi connectivity index (χ3n) is 2.66. The number of nitrogens with zero attached hydrogens (tertiary/aromatic N) is 3. The summed E-state index contributed by atoms with van der Waals surface area (Å²) in [5.41, 5.74) is 2.23. The summed E-state index contributed by atoms with van der Waals surface area (Å²) in [5, 5.41) is 11.4. The monoisotopic (exact) mass is 230 g/mol. The number of benzene rings is 1. The average Bonchev–Trinajstić information content (AvgIpc) is 2.84. The maximum Gasteiger partial charge on any atom is 0.0729 e. The first kappa shape index (κ1) is 11.8. The van der Waals surface area contributed by atoms with E-state index in [1.54, 1.807) is 0 Å². The summed E-state index contributed by atoms with van der Waals surface area (Å²) >= 11 is 0. The molecule has 1 N–H and O–H groups in total. The molecule has 0 aliphatic rings. The molecule has 1 aromatic heterocycles. The average molecular weight is 230 g/mol. The lowest BCUT2D eigenvalue weighted by Gasteiger charge is -2.06. The Kier molecular flexibility index (Phi) is 4.27. The molecule has 0 radical (unpaired) electrons. The van der Waals surface area contributed by atoms with Gasteiger partial charge in [-0.25, -0.2) is 4.68 Å². The molecule has 0 bridgehead atoms. The van der Waals surface area contributed by atoms with E-state index in [0.29, 0.717) is 0 Å². The maximum atomic E-state index is 4.13. The number of para-hydroxylation sites is 1. The molecule has 0 aliphatic carbocycles. The fourth-order valence-corrected chi connectivity index (χ4v) is 1.78. The Labute approximate surface area is 102 Å². The Bertz CT molecular complexity index is 436. The molecule has 4 heteroatoms. The Hall–Kier alpha value is -1.68. The number of hydrogen-bond donors (Lipinski definition) is 1. The van der Waals surface area contributed by atoms with Crippen molar-refractivity contribution in [2.75, 3.05) is 13.1 Å². The van der Waals surface area contributed by atoms with Crippen LogP contribution >= 0.6 is 0 Å². The first-order valence-corrected chi connectivity index (χ1v) is 6.07. The third-order valence-corrected chi connectivity index (χ3v) is 2.66. The normalized spacial score (nSPS) is 10.6. The van der Waals surface area contributed by atoms with Crippen molar-refractivity contribution in [3.05, 3.63) is 42.2 Å². The van der Waals surface area contributed by atoms with Crippen molar-refractivity contribution in [2.24, 2.45) is 0 Å². The van der Waals surface area contributed by atoms with Gasteiger partial charge in [-0.3, -0.25) is 0 Å². The molecule has 0 spiro atoms. The van der Waals surface area contributed by atoms with Crippen LogP contribution in [0.5, 0.6) is 0 Å². The van der Waals surface area contributed by atoms with Crippen molar-refractivity contribution >= 4 is 0 Å². The van der Waals surface area contributed by atoms with Gasteiger partial charge in [0, 0.05) is 0 Å². The predicted molar refractivity (Wildman–Crippen MR) is 68.2 cm³/mol. The van der Waals surface area contributed by atoms with Crippen LogP contribution in [0.4, 0.5) is 0 Å². The molecule has 90 valence electrons. The number of hydrogen-bond acceptors (Lipinski definition) is 3.